The molecule has 3 unspecified atom stereocenters. The molecule has 0 heterocycles. The molecule has 0 aromatic heterocycles. The van der Waals surface area contributed by atoms with Crippen LogP contribution in [0.1, 0.15) is 46.5 Å². The van der Waals surface area contributed by atoms with Gasteiger partial charge in [0.15, 0.2) is 0 Å². The molecule has 1 amide bonds. The van der Waals surface area contributed by atoms with Gasteiger partial charge < -0.3 is 10.6 Å². The minimum absolute atomic E-state index is 0.0518. The zero-order valence-electron chi connectivity index (χ0n) is 11.8. The summed E-state index contributed by atoms with van der Waals surface area (Å²) in [5.74, 6) is 1.43. The molecular weight excluding hydrogens is 212 g/mol. The molecule has 0 bridgehead atoms. The van der Waals surface area contributed by atoms with Gasteiger partial charge in [0.2, 0.25) is 5.91 Å². The molecule has 0 radical (unpaired) electrons. The van der Waals surface area contributed by atoms with Crippen molar-refractivity contribution in [3.63, 3.8) is 0 Å². The van der Waals surface area contributed by atoms with E-state index >= 15 is 0 Å². The number of hydrogen-bond donors (Lipinski definition) is 1. The topological polar surface area (TPSA) is 46.3 Å². The van der Waals surface area contributed by atoms with E-state index in [0.717, 1.165) is 25.8 Å². The minimum atomic E-state index is 0.0518. The molecule has 1 rings (SSSR count). The Kier molecular flexibility index (Phi) is 5.44. The van der Waals surface area contributed by atoms with E-state index in [-0.39, 0.29) is 17.9 Å². The second-order valence-corrected chi connectivity index (χ2v) is 6.03. The predicted octanol–water partition coefficient (Wildman–Crippen LogP) is 2.25. The largest absolute Gasteiger partial charge is 0.345 e. The summed E-state index contributed by atoms with van der Waals surface area (Å²) in [6.07, 6.45) is 4.35. The summed E-state index contributed by atoms with van der Waals surface area (Å²) >= 11 is 0. The lowest BCUT2D eigenvalue weighted by atomic mass is 9.77. The second kappa shape index (κ2) is 6.39. The fourth-order valence-corrected chi connectivity index (χ4v) is 2.57. The zero-order valence-corrected chi connectivity index (χ0v) is 11.8. The van der Waals surface area contributed by atoms with E-state index in [2.05, 4.69) is 20.8 Å². The summed E-state index contributed by atoms with van der Waals surface area (Å²) in [7, 11) is 1.91. The predicted molar refractivity (Wildman–Crippen MR) is 71.6 cm³/mol. The van der Waals surface area contributed by atoms with E-state index in [1.54, 1.807) is 0 Å². The van der Waals surface area contributed by atoms with Crippen LogP contribution in [0.25, 0.3) is 0 Å². The summed E-state index contributed by atoms with van der Waals surface area (Å²) in [4.78, 5) is 14.2. The second-order valence-electron chi connectivity index (χ2n) is 6.03. The highest BCUT2D eigenvalue weighted by Crippen LogP contribution is 2.29. The van der Waals surface area contributed by atoms with Gasteiger partial charge in [-0.15, -0.1) is 0 Å². The number of hydrogen-bond acceptors (Lipinski definition) is 2. The number of amides is 1. The average Bonchev–Trinajstić information content (AvgIpc) is 2.28. The van der Waals surface area contributed by atoms with Crippen molar-refractivity contribution in [3.05, 3.63) is 0 Å². The molecular formula is C14H28N2O. The average molecular weight is 240 g/mol. The van der Waals surface area contributed by atoms with Crippen LogP contribution in [0.3, 0.4) is 0 Å². The number of nitrogens with two attached hydrogens (primary N) is 1. The molecule has 1 aliphatic rings. The Labute approximate surface area is 106 Å². The fourth-order valence-electron chi connectivity index (χ4n) is 2.57. The number of carbonyl (C=O) groups is 1. The first-order valence-electron chi connectivity index (χ1n) is 6.94. The van der Waals surface area contributed by atoms with Gasteiger partial charge in [-0.05, 0) is 31.1 Å². The van der Waals surface area contributed by atoms with Crippen LogP contribution < -0.4 is 5.73 Å². The van der Waals surface area contributed by atoms with Gasteiger partial charge in [-0.25, -0.2) is 0 Å². The van der Waals surface area contributed by atoms with Gasteiger partial charge in [0, 0.05) is 19.6 Å². The summed E-state index contributed by atoms with van der Waals surface area (Å²) in [5.41, 5.74) is 6.17. The highest BCUT2D eigenvalue weighted by atomic mass is 16.2. The molecule has 17 heavy (non-hydrogen) atoms. The maximum Gasteiger partial charge on any atom is 0.226 e. The third-order valence-corrected chi connectivity index (χ3v) is 4.03. The van der Waals surface area contributed by atoms with Crippen LogP contribution in [0.2, 0.25) is 0 Å². The Morgan fingerprint density at radius 1 is 1.41 bits per heavy atom. The monoisotopic (exact) mass is 240 g/mol. The van der Waals surface area contributed by atoms with Crippen LogP contribution in [0.5, 0.6) is 0 Å². The van der Waals surface area contributed by atoms with Crippen LogP contribution in [0.4, 0.5) is 0 Å². The fraction of sp³-hybridized carbons (Fsp3) is 0.929. The van der Waals surface area contributed by atoms with E-state index in [1.807, 2.05) is 11.9 Å². The standard InChI is InChI=1S/C14H28N2O/c1-10(2)8-9-16(4)14(17)12-7-5-6-11(3)13(12)15/h10-13H,5-9,15H2,1-4H3. The smallest absolute Gasteiger partial charge is 0.226 e. The first-order valence-corrected chi connectivity index (χ1v) is 6.94. The summed E-state index contributed by atoms with van der Waals surface area (Å²) < 4.78 is 0. The Hall–Kier alpha value is -0.570. The molecule has 100 valence electrons. The maximum atomic E-state index is 12.3. The van der Waals surface area contributed by atoms with Crippen molar-refractivity contribution in [3.8, 4) is 0 Å². The molecule has 2 N–H and O–H groups in total. The van der Waals surface area contributed by atoms with E-state index in [0.29, 0.717) is 11.8 Å². The van der Waals surface area contributed by atoms with Crippen molar-refractivity contribution >= 4 is 5.91 Å². The molecule has 3 atom stereocenters. The third kappa shape index (κ3) is 3.98. The lowest BCUT2D eigenvalue weighted by Gasteiger charge is -2.35. The molecule has 3 nitrogen and oxygen atoms in total. The van der Waals surface area contributed by atoms with Gasteiger partial charge in [-0.3, -0.25) is 4.79 Å². The van der Waals surface area contributed by atoms with Gasteiger partial charge in [0.25, 0.3) is 0 Å². The number of carbonyl (C=O) groups excluding carboxylic acids is 1. The normalized spacial score (nSPS) is 29.4. The van der Waals surface area contributed by atoms with Crippen molar-refractivity contribution in [2.45, 2.75) is 52.5 Å². The van der Waals surface area contributed by atoms with E-state index < -0.39 is 0 Å². The van der Waals surface area contributed by atoms with Gasteiger partial charge in [-0.2, -0.15) is 0 Å². The minimum Gasteiger partial charge on any atom is -0.345 e. The van der Waals surface area contributed by atoms with Gasteiger partial charge >= 0.3 is 0 Å². The van der Waals surface area contributed by atoms with Gasteiger partial charge in [0.1, 0.15) is 0 Å². The molecule has 3 heteroatoms. The maximum absolute atomic E-state index is 12.3. The molecule has 0 aromatic rings. The Bertz CT molecular complexity index is 253. The van der Waals surface area contributed by atoms with Crippen molar-refractivity contribution in [1.29, 1.82) is 0 Å². The number of nitrogens with zero attached hydrogens (tertiary/aromatic N) is 1. The van der Waals surface area contributed by atoms with Crippen LogP contribution >= 0.6 is 0 Å². The Balaban J connectivity index is 2.50. The third-order valence-electron chi connectivity index (χ3n) is 4.03. The van der Waals surface area contributed by atoms with E-state index in [9.17, 15) is 4.79 Å². The summed E-state index contributed by atoms with van der Waals surface area (Å²) in [6, 6.07) is 0.0535. The molecule has 0 aliphatic heterocycles. The van der Waals surface area contributed by atoms with Crippen molar-refractivity contribution in [2.24, 2.45) is 23.5 Å². The van der Waals surface area contributed by atoms with Crippen LogP contribution in [-0.2, 0) is 4.79 Å². The first kappa shape index (κ1) is 14.5. The SMILES string of the molecule is CC(C)CCN(C)C(=O)C1CCCC(C)C1N. The molecule has 1 fully saturated rings. The molecule has 1 aliphatic carbocycles. The summed E-state index contributed by atoms with van der Waals surface area (Å²) in [6.45, 7) is 7.39. The molecule has 1 saturated carbocycles. The number of rotatable bonds is 4. The van der Waals surface area contributed by atoms with Gasteiger partial charge in [-0.1, -0.05) is 27.2 Å². The van der Waals surface area contributed by atoms with Crippen LogP contribution in [0.15, 0.2) is 0 Å². The zero-order chi connectivity index (χ0) is 13.0. The molecule has 0 aromatic carbocycles. The van der Waals surface area contributed by atoms with Crippen molar-refractivity contribution < 1.29 is 4.79 Å². The lowest BCUT2D eigenvalue weighted by Crippen LogP contribution is -2.48. The molecule has 0 spiro atoms. The van der Waals surface area contributed by atoms with Crippen LogP contribution in [-0.4, -0.2) is 30.4 Å². The van der Waals surface area contributed by atoms with Crippen LogP contribution in [0, 0.1) is 17.8 Å². The lowest BCUT2D eigenvalue weighted by molar-refractivity contribution is -0.136. The van der Waals surface area contributed by atoms with Gasteiger partial charge in [0.05, 0.1) is 5.92 Å². The highest BCUT2D eigenvalue weighted by Gasteiger charge is 2.34. The van der Waals surface area contributed by atoms with E-state index in [1.165, 1.54) is 6.42 Å². The highest BCUT2D eigenvalue weighted by molar-refractivity contribution is 5.79. The van der Waals surface area contributed by atoms with Crippen molar-refractivity contribution in [1.82, 2.24) is 4.90 Å². The van der Waals surface area contributed by atoms with Crippen molar-refractivity contribution in [2.75, 3.05) is 13.6 Å². The van der Waals surface area contributed by atoms with E-state index in [4.69, 9.17) is 5.73 Å². The quantitative estimate of drug-likeness (QED) is 0.819. The Morgan fingerprint density at radius 2 is 2.06 bits per heavy atom. The first-order chi connectivity index (χ1) is 7.93. The summed E-state index contributed by atoms with van der Waals surface area (Å²) in [5, 5.41) is 0. The molecule has 0 saturated heterocycles. The Morgan fingerprint density at radius 3 is 2.65 bits per heavy atom.